The summed E-state index contributed by atoms with van der Waals surface area (Å²) in [5, 5.41) is 3.06. The minimum atomic E-state index is -0.359. The van der Waals surface area contributed by atoms with E-state index in [4.69, 9.17) is 0 Å². The largest absolute Gasteiger partial charge is 0.313 e. The van der Waals surface area contributed by atoms with Crippen LogP contribution in [0.2, 0.25) is 0 Å². The van der Waals surface area contributed by atoms with Crippen molar-refractivity contribution in [1.82, 2.24) is 5.32 Å². The molecule has 0 aliphatic rings. The van der Waals surface area contributed by atoms with E-state index < -0.39 is 0 Å². The van der Waals surface area contributed by atoms with E-state index in [1.165, 1.54) is 12.1 Å². The highest BCUT2D eigenvalue weighted by molar-refractivity contribution is 9.10. The van der Waals surface area contributed by atoms with Crippen molar-refractivity contribution in [2.75, 3.05) is 6.54 Å². The van der Waals surface area contributed by atoms with Gasteiger partial charge in [-0.25, -0.2) is 8.78 Å². The van der Waals surface area contributed by atoms with Gasteiger partial charge in [-0.05, 0) is 36.4 Å². The van der Waals surface area contributed by atoms with Crippen LogP contribution in [0, 0.1) is 11.6 Å². The van der Waals surface area contributed by atoms with Crippen LogP contribution < -0.4 is 5.32 Å². The van der Waals surface area contributed by atoms with E-state index in [9.17, 15) is 8.78 Å². The minimum Gasteiger partial charge on any atom is -0.313 e. The maximum absolute atomic E-state index is 13.9. The molecule has 4 heteroatoms. The number of hydrogen-bond acceptors (Lipinski definition) is 1. The zero-order valence-electron chi connectivity index (χ0n) is 10.5. The van der Waals surface area contributed by atoms with Gasteiger partial charge in [-0.1, -0.05) is 35.0 Å². The lowest BCUT2D eigenvalue weighted by atomic mass is 10.0. The zero-order chi connectivity index (χ0) is 13.8. The third-order valence-corrected chi connectivity index (χ3v) is 3.35. The first-order valence-corrected chi connectivity index (χ1v) is 6.85. The SMILES string of the molecule is CCNCc1ccc(-c2cc(Br)ccc2F)cc1F. The smallest absolute Gasteiger partial charge is 0.131 e. The van der Waals surface area contributed by atoms with Gasteiger partial charge in [-0.15, -0.1) is 0 Å². The standard InChI is InChI=1S/C15H14BrF2N/c1-2-19-9-11-4-3-10(7-15(11)18)13-8-12(16)5-6-14(13)17/h3-8,19H,2,9H2,1H3. The van der Waals surface area contributed by atoms with Crippen molar-refractivity contribution in [1.29, 1.82) is 0 Å². The molecule has 0 bridgehead atoms. The van der Waals surface area contributed by atoms with Gasteiger partial charge in [-0.2, -0.15) is 0 Å². The first kappa shape index (κ1) is 14.2. The van der Waals surface area contributed by atoms with Crippen LogP contribution in [0.4, 0.5) is 8.78 Å². The fourth-order valence-corrected chi connectivity index (χ4v) is 2.20. The summed E-state index contributed by atoms with van der Waals surface area (Å²) in [6.07, 6.45) is 0. The number of hydrogen-bond donors (Lipinski definition) is 1. The quantitative estimate of drug-likeness (QED) is 0.872. The van der Waals surface area contributed by atoms with Crippen LogP contribution in [0.3, 0.4) is 0 Å². The second-order valence-electron chi connectivity index (χ2n) is 4.21. The second-order valence-corrected chi connectivity index (χ2v) is 5.13. The summed E-state index contributed by atoms with van der Waals surface area (Å²) in [6.45, 7) is 3.22. The molecule has 0 radical (unpaired) electrons. The topological polar surface area (TPSA) is 12.0 Å². The molecular weight excluding hydrogens is 312 g/mol. The Hall–Kier alpha value is -1.26. The average molecular weight is 326 g/mol. The van der Waals surface area contributed by atoms with Crippen molar-refractivity contribution < 1.29 is 8.78 Å². The number of rotatable bonds is 4. The molecule has 0 heterocycles. The zero-order valence-corrected chi connectivity index (χ0v) is 12.1. The summed E-state index contributed by atoms with van der Waals surface area (Å²) >= 11 is 3.29. The Balaban J connectivity index is 2.36. The van der Waals surface area contributed by atoms with E-state index in [1.807, 2.05) is 6.92 Å². The highest BCUT2D eigenvalue weighted by Crippen LogP contribution is 2.27. The van der Waals surface area contributed by atoms with Crippen LogP contribution in [0.1, 0.15) is 12.5 Å². The van der Waals surface area contributed by atoms with Crippen LogP contribution in [0.15, 0.2) is 40.9 Å². The van der Waals surface area contributed by atoms with E-state index in [2.05, 4.69) is 21.2 Å². The molecule has 0 saturated carbocycles. The van der Waals surface area contributed by atoms with Crippen LogP contribution in [-0.4, -0.2) is 6.54 Å². The Morgan fingerprint density at radius 2 is 1.84 bits per heavy atom. The monoisotopic (exact) mass is 325 g/mol. The first-order chi connectivity index (χ1) is 9.11. The summed E-state index contributed by atoms with van der Waals surface area (Å²) in [4.78, 5) is 0. The Morgan fingerprint density at radius 3 is 2.53 bits per heavy atom. The molecule has 0 unspecified atom stereocenters. The summed E-state index contributed by atoms with van der Waals surface area (Å²) in [7, 11) is 0. The second kappa shape index (κ2) is 6.26. The van der Waals surface area contributed by atoms with Crippen molar-refractivity contribution in [3.05, 3.63) is 58.1 Å². The van der Waals surface area contributed by atoms with Crippen LogP contribution >= 0.6 is 15.9 Å². The predicted octanol–water partition coefficient (Wildman–Crippen LogP) is 4.50. The highest BCUT2D eigenvalue weighted by atomic mass is 79.9. The maximum atomic E-state index is 13.9. The molecule has 19 heavy (non-hydrogen) atoms. The molecule has 0 aromatic heterocycles. The molecule has 1 nitrogen and oxygen atoms in total. The highest BCUT2D eigenvalue weighted by Gasteiger charge is 2.09. The van der Waals surface area contributed by atoms with Crippen LogP contribution in [0.25, 0.3) is 11.1 Å². The van der Waals surface area contributed by atoms with Gasteiger partial charge in [0.1, 0.15) is 11.6 Å². The number of nitrogens with one attached hydrogen (secondary N) is 1. The van der Waals surface area contributed by atoms with Crippen molar-refractivity contribution in [2.24, 2.45) is 0 Å². The third-order valence-electron chi connectivity index (χ3n) is 2.86. The van der Waals surface area contributed by atoms with Gasteiger partial charge in [0.2, 0.25) is 0 Å². The Morgan fingerprint density at radius 1 is 1.05 bits per heavy atom. The van der Waals surface area contributed by atoms with E-state index in [1.54, 1.807) is 24.3 Å². The van der Waals surface area contributed by atoms with Gasteiger partial charge >= 0.3 is 0 Å². The van der Waals surface area contributed by atoms with E-state index in [-0.39, 0.29) is 11.6 Å². The molecule has 2 aromatic carbocycles. The fourth-order valence-electron chi connectivity index (χ4n) is 1.84. The van der Waals surface area contributed by atoms with Gasteiger partial charge in [0.05, 0.1) is 0 Å². The molecule has 0 fully saturated rings. The van der Waals surface area contributed by atoms with Gasteiger partial charge in [0.15, 0.2) is 0 Å². The van der Waals surface area contributed by atoms with Gasteiger partial charge in [-0.3, -0.25) is 0 Å². The summed E-state index contributed by atoms with van der Waals surface area (Å²) < 4.78 is 28.4. The molecule has 0 aliphatic heterocycles. The predicted molar refractivity (Wildman–Crippen MR) is 76.9 cm³/mol. The van der Waals surface area contributed by atoms with Gasteiger partial charge in [0, 0.05) is 22.1 Å². The molecule has 100 valence electrons. The molecule has 0 saturated heterocycles. The Bertz CT molecular complexity index is 584. The number of halogens is 3. The van der Waals surface area contributed by atoms with Crippen molar-refractivity contribution in [3.8, 4) is 11.1 Å². The molecule has 2 aromatic rings. The lowest BCUT2D eigenvalue weighted by Crippen LogP contribution is -2.12. The normalized spacial score (nSPS) is 10.7. The Labute approximate surface area is 119 Å². The molecule has 2 rings (SSSR count). The van der Waals surface area contributed by atoms with E-state index >= 15 is 0 Å². The van der Waals surface area contributed by atoms with Gasteiger partial charge < -0.3 is 5.32 Å². The molecule has 0 amide bonds. The van der Waals surface area contributed by atoms with Crippen LogP contribution in [-0.2, 0) is 6.54 Å². The Kier molecular flexibility index (Phi) is 4.66. The molecule has 0 aliphatic carbocycles. The molecular formula is C15H14BrF2N. The van der Waals surface area contributed by atoms with Crippen molar-refractivity contribution in [3.63, 3.8) is 0 Å². The lowest BCUT2D eigenvalue weighted by Gasteiger charge is -2.08. The maximum Gasteiger partial charge on any atom is 0.131 e. The summed E-state index contributed by atoms with van der Waals surface area (Å²) in [5.41, 5.74) is 1.51. The summed E-state index contributed by atoms with van der Waals surface area (Å²) in [6, 6.07) is 9.43. The van der Waals surface area contributed by atoms with Crippen LogP contribution in [0.5, 0.6) is 0 Å². The third kappa shape index (κ3) is 3.39. The minimum absolute atomic E-state index is 0.321. The molecule has 0 spiro atoms. The van der Waals surface area contributed by atoms with Crippen molar-refractivity contribution >= 4 is 15.9 Å². The van der Waals surface area contributed by atoms with Crippen molar-refractivity contribution in [2.45, 2.75) is 13.5 Å². The fraction of sp³-hybridized carbons (Fsp3) is 0.200. The average Bonchev–Trinajstić information content (AvgIpc) is 2.40. The molecule has 0 atom stereocenters. The lowest BCUT2D eigenvalue weighted by molar-refractivity contribution is 0.593. The first-order valence-electron chi connectivity index (χ1n) is 6.06. The van der Waals surface area contributed by atoms with Gasteiger partial charge in [0.25, 0.3) is 0 Å². The van der Waals surface area contributed by atoms with E-state index in [0.717, 1.165) is 11.0 Å². The summed E-state index contributed by atoms with van der Waals surface area (Å²) in [5.74, 6) is -0.681. The number of benzene rings is 2. The molecule has 1 N–H and O–H groups in total. The van der Waals surface area contributed by atoms with E-state index in [0.29, 0.717) is 23.2 Å².